The maximum absolute atomic E-state index is 13.4. The van der Waals surface area contributed by atoms with Gasteiger partial charge in [-0.3, -0.25) is 9.59 Å². The van der Waals surface area contributed by atoms with Crippen molar-refractivity contribution in [1.29, 1.82) is 0 Å². The Balaban J connectivity index is 1.44. The molecule has 4 heterocycles. The first-order valence-electron chi connectivity index (χ1n) is 11.4. The van der Waals surface area contributed by atoms with Gasteiger partial charge in [-0.05, 0) is 49.4 Å². The second kappa shape index (κ2) is 6.75. The van der Waals surface area contributed by atoms with E-state index in [1.165, 1.54) is 32.1 Å². The van der Waals surface area contributed by atoms with E-state index in [1.807, 2.05) is 0 Å². The summed E-state index contributed by atoms with van der Waals surface area (Å²) in [6.45, 7) is 5.61. The molecule has 1 saturated carbocycles. The molecule has 27 heavy (non-hydrogen) atoms. The van der Waals surface area contributed by atoms with Gasteiger partial charge in [-0.25, -0.2) is 0 Å². The van der Waals surface area contributed by atoms with Crippen molar-refractivity contribution in [2.75, 3.05) is 13.2 Å². The van der Waals surface area contributed by atoms with Crippen LogP contribution in [-0.4, -0.2) is 48.1 Å². The van der Waals surface area contributed by atoms with Crippen LogP contribution in [0, 0.1) is 35.5 Å². The van der Waals surface area contributed by atoms with Gasteiger partial charge < -0.3 is 15.0 Å². The first kappa shape index (κ1) is 18.0. The molecule has 8 unspecified atom stereocenters. The van der Waals surface area contributed by atoms with Gasteiger partial charge in [-0.1, -0.05) is 33.1 Å². The van der Waals surface area contributed by atoms with Crippen molar-refractivity contribution in [2.45, 2.75) is 76.9 Å². The normalized spacial score (nSPS) is 49.0. The summed E-state index contributed by atoms with van der Waals surface area (Å²) in [4.78, 5) is 27.8. The zero-order valence-corrected chi connectivity index (χ0v) is 16.7. The molecule has 0 radical (unpaired) electrons. The summed E-state index contributed by atoms with van der Waals surface area (Å²) in [7, 11) is 0. The van der Waals surface area contributed by atoms with Crippen LogP contribution in [-0.2, 0) is 14.3 Å². The molecular weight excluding hydrogens is 340 g/mol. The van der Waals surface area contributed by atoms with E-state index in [2.05, 4.69) is 24.1 Å². The maximum atomic E-state index is 13.4. The average Bonchev–Trinajstić information content (AvgIpc) is 3.05. The van der Waals surface area contributed by atoms with Gasteiger partial charge in [-0.15, -0.1) is 0 Å². The monoisotopic (exact) mass is 374 g/mol. The van der Waals surface area contributed by atoms with Crippen LogP contribution >= 0.6 is 0 Å². The third-order valence-corrected chi connectivity index (χ3v) is 8.78. The predicted molar refractivity (Wildman–Crippen MR) is 102 cm³/mol. The second-order valence-corrected chi connectivity index (χ2v) is 9.69. The molecule has 5 aliphatic rings. The van der Waals surface area contributed by atoms with Crippen LogP contribution in [0.3, 0.4) is 0 Å². The molecule has 4 aliphatic heterocycles. The number of amides is 1. The SMILES string of the molecule is CCC1C2CCCCC2NC2C1CN1C(=O)C3COC(=O)[C@@H](CC)C3CC21. The summed E-state index contributed by atoms with van der Waals surface area (Å²) >= 11 is 0. The summed E-state index contributed by atoms with van der Waals surface area (Å²) in [5.41, 5.74) is 0. The number of cyclic esters (lactones) is 1. The van der Waals surface area contributed by atoms with Crippen molar-refractivity contribution < 1.29 is 14.3 Å². The lowest BCUT2D eigenvalue weighted by atomic mass is 9.64. The van der Waals surface area contributed by atoms with Crippen molar-refractivity contribution in [2.24, 2.45) is 35.5 Å². The van der Waals surface area contributed by atoms with Gasteiger partial charge in [-0.2, -0.15) is 0 Å². The number of nitrogens with zero attached hydrogens (tertiary/aromatic N) is 1. The molecule has 5 rings (SSSR count). The molecule has 9 atom stereocenters. The molecule has 0 aromatic rings. The van der Waals surface area contributed by atoms with E-state index in [4.69, 9.17) is 4.74 Å². The smallest absolute Gasteiger partial charge is 0.309 e. The fourth-order valence-electron chi connectivity index (χ4n) is 7.57. The van der Waals surface area contributed by atoms with Crippen LogP contribution in [0.2, 0.25) is 0 Å². The number of carbonyl (C=O) groups is 2. The zero-order valence-electron chi connectivity index (χ0n) is 16.7. The van der Waals surface area contributed by atoms with Gasteiger partial charge in [0, 0.05) is 24.7 Å². The predicted octanol–water partition coefficient (Wildman–Crippen LogP) is 2.59. The summed E-state index contributed by atoms with van der Waals surface area (Å²) in [5, 5.41) is 4.03. The van der Waals surface area contributed by atoms with E-state index in [1.54, 1.807) is 0 Å². The number of rotatable bonds is 2. The Morgan fingerprint density at radius 2 is 1.89 bits per heavy atom. The minimum Gasteiger partial charge on any atom is -0.465 e. The lowest BCUT2D eigenvalue weighted by molar-refractivity contribution is -0.172. The average molecular weight is 375 g/mol. The van der Waals surface area contributed by atoms with Gasteiger partial charge in [0.25, 0.3) is 0 Å². The van der Waals surface area contributed by atoms with Crippen molar-refractivity contribution in [3.8, 4) is 0 Å². The van der Waals surface area contributed by atoms with Gasteiger partial charge in [0.05, 0.1) is 11.8 Å². The fourth-order valence-corrected chi connectivity index (χ4v) is 7.57. The highest BCUT2D eigenvalue weighted by molar-refractivity contribution is 5.84. The number of carbonyl (C=O) groups excluding carboxylic acids is 2. The highest BCUT2D eigenvalue weighted by Crippen LogP contribution is 2.50. The number of hydrogen-bond donors (Lipinski definition) is 1. The minimum atomic E-state index is -0.105. The number of hydrogen-bond acceptors (Lipinski definition) is 4. The van der Waals surface area contributed by atoms with E-state index >= 15 is 0 Å². The van der Waals surface area contributed by atoms with Gasteiger partial charge in [0.15, 0.2) is 0 Å². The van der Waals surface area contributed by atoms with Gasteiger partial charge in [0.1, 0.15) is 6.61 Å². The summed E-state index contributed by atoms with van der Waals surface area (Å²) in [6, 6.07) is 1.34. The van der Waals surface area contributed by atoms with Crippen LogP contribution in [0.1, 0.15) is 58.8 Å². The zero-order chi connectivity index (χ0) is 18.7. The standard InChI is InChI=1S/C22H34N2O3/c1-3-12-14-7-5-6-8-18(14)23-20-16(12)10-24-19(20)9-15-13(4-2)22(26)27-11-17(15)21(24)25/h12-20,23H,3-11H2,1-2H3/t12?,13-,14?,15?,16?,17?,18?,19?,20?/m0/s1. The third kappa shape index (κ3) is 2.60. The number of piperidine rings is 2. The van der Waals surface area contributed by atoms with Crippen LogP contribution in [0.15, 0.2) is 0 Å². The summed E-state index contributed by atoms with van der Waals surface area (Å²) in [6.07, 6.45) is 8.33. The van der Waals surface area contributed by atoms with E-state index in [0.29, 0.717) is 24.6 Å². The molecule has 0 bridgehead atoms. The van der Waals surface area contributed by atoms with E-state index in [-0.39, 0.29) is 35.7 Å². The van der Waals surface area contributed by atoms with Crippen molar-refractivity contribution in [3.63, 3.8) is 0 Å². The first-order valence-corrected chi connectivity index (χ1v) is 11.4. The maximum Gasteiger partial charge on any atom is 0.309 e. The Hall–Kier alpha value is -1.10. The number of nitrogens with one attached hydrogen (secondary N) is 1. The molecule has 0 aromatic heterocycles. The fraction of sp³-hybridized carbons (Fsp3) is 0.909. The Morgan fingerprint density at radius 1 is 1.07 bits per heavy atom. The summed E-state index contributed by atoms with van der Waals surface area (Å²) < 4.78 is 5.41. The molecule has 1 aliphatic carbocycles. The topological polar surface area (TPSA) is 58.6 Å². The van der Waals surface area contributed by atoms with Crippen LogP contribution in [0.4, 0.5) is 0 Å². The summed E-state index contributed by atoms with van der Waals surface area (Å²) in [5.74, 6) is 2.27. The Morgan fingerprint density at radius 3 is 2.67 bits per heavy atom. The molecule has 4 saturated heterocycles. The van der Waals surface area contributed by atoms with Gasteiger partial charge in [0.2, 0.25) is 5.91 Å². The Kier molecular flexibility index (Phi) is 4.49. The minimum absolute atomic E-state index is 0.0788. The first-order chi connectivity index (χ1) is 13.1. The molecule has 5 nitrogen and oxygen atoms in total. The van der Waals surface area contributed by atoms with Crippen molar-refractivity contribution >= 4 is 11.9 Å². The molecule has 150 valence electrons. The van der Waals surface area contributed by atoms with Gasteiger partial charge >= 0.3 is 5.97 Å². The molecule has 5 fully saturated rings. The molecule has 0 spiro atoms. The molecule has 1 N–H and O–H groups in total. The quantitative estimate of drug-likeness (QED) is 0.755. The van der Waals surface area contributed by atoms with Crippen molar-refractivity contribution in [3.05, 3.63) is 0 Å². The van der Waals surface area contributed by atoms with E-state index < -0.39 is 0 Å². The largest absolute Gasteiger partial charge is 0.465 e. The van der Waals surface area contributed by atoms with Crippen LogP contribution in [0.25, 0.3) is 0 Å². The highest BCUT2D eigenvalue weighted by atomic mass is 16.5. The molecular formula is C22H34N2O3. The number of fused-ring (bicyclic) bond motifs is 5. The lowest BCUT2D eigenvalue weighted by Crippen LogP contribution is -2.62. The van der Waals surface area contributed by atoms with Crippen LogP contribution in [0.5, 0.6) is 0 Å². The molecule has 1 amide bonds. The molecule has 0 aromatic carbocycles. The van der Waals surface area contributed by atoms with E-state index in [0.717, 1.165) is 31.2 Å². The third-order valence-electron chi connectivity index (χ3n) is 8.78. The second-order valence-electron chi connectivity index (χ2n) is 9.69. The number of esters is 1. The van der Waals surface area contributed by atoms with Crippen LogP contribution < -0.4 is 5.32 Å². The van der Waals surface area contributed by atoms with Crippen molar-refractivity contribution in [1.82, 2.24) is 10.2 Å². The van der Waals surface area contributed by atoms with E-state index in [9.17, 15) is 9.59 Å². The highest BCUT2D eigenvalue weighted by Gasteiger charge is 2.59. The lowest BCUT2D eigenvalue weighted by Gasteiger charge is -2.50. The number of ether oxygens (including phenoxy) is 1. The molecule has 5 heteroatoms. The Labute approximate surface area is 162 Å². The Bertz CT molecular complexity index is 623.